The third-order valence-corrected chi connectivity index (χ3v) is 0. The van der Waals surface area contributed by atoms with Gasteiger partial charge in [-0.3, -0.25) is 0 Å². The summed E-state index contributed by atoms with van der Waals surface area (Å²) in [5.74, 6) is 0. The molecule has 0 aliphatic rings. The minimum absolute atomic E-state index is 0. The zero-order valence-corrected chi connectivity index (χ0v) is 3.69. The second-order valence-electron chi connectivity index (χ2n) is 0.500. The van der Waals surface area contributed by atoms with Gasteiger partial charge in [0.2, 0.25) is 0 Å². The molecule has 0 bridgehead atoms. The van der Waals surface area contributed by atoms with Gasteiger partial charge in [-0.25, -0.2) is 0 Å². The molecular weight excluding hydrogens is 209 g/mol. The van der Waals surface area contributed by atoms with Gasteiger partial charge in [-0.2, -0.15) is 0 Å². The molecular formula is H8Mg4O4Ti. The molecule has 0 N–H and O–H groups in total. The van der Waals surface area contributed by atoms with Crippen LogP contribution >= 0.6 is 0 Å². The van der Waals surface area contributed by atoms with E-state index in [0.29, 0.717) is 0 Å². The van der Waals surface area contributed by atoms with E-state index in [1.54, 1.807) is 0 Å². The van der Waals surface area contributed by atoms with Gasteiger partial charge in [-0.1, -0.05) is 0 Å². The number of rotatable bonds is 0. The van der Waals surface area contributed by atoms with Crippen LogP contribution in [0, 0.1) is 0 Å². The summed E-state index contributed by atoms with van der Waals surface area (Å²) in [6, 6.07) is 0. The average molecular weight is 217 g/mol. The van der Waals surface area contributed by atoms with Crippen LogP contribution in [0.4, 0.5) is 0 Å². The quantitative estimate of drug-likeness (QED) is 0.386. The molecule has 0 aliphatic heterocycles. The summed E-state index contributed by atoms with van der Waals surface area (Å²) in [7, 11) is 0. The topological polar surface area (TPSA) is 68.3 Å². The Kier molecular flexibility index (Phi) is 44.7. The summed E-state index contributed by atoms with van der Waals surface area (Å²) in [6.45, 7) is 0. The molecule has 0 aliphatic carbocycles. The number of hydrogen-bond acceptors (Lipinski definition) is 4. The SMILES string of the molecule is [MgH2].[MgH2].[MgH2].[MgH2].[O]=[Ti](=[O])(=[O])=[O]. The fraction of sp³-hybridized carbons (Fsp3) is 0. The third-order valence-electron chi connectivity index (χ3n) is 0. The predicted molar refractivity (Wildman–Crippen MR) is 36.9 cm³/mol. The van der Waals surface area contributed by atoms with Gasteiger partial charge in [0.1, 0.15) is 0 Å². The van der Waals surface area contributed by atoms with Crippen LogP contribution in [0.1, 0.15) is 0 Å². The zero-order chi connectivity index (χ0) is 4.50. The van der Waals surface area contributed by atoms with Crippen LogP contribution in [0.5, 0.6) is 0 Å². The first kappa shape index (κ1) is 29.6. The Hall–Kier alpha value is 2.98. The second-order valence-corrected chi connectivity index (χ2v) is 2.06. The Morgan fingerprint density at radius 2 is 0.556 bits per heavy atom. The van der Waals surface area contributed by atoms with Crippen molar-refractivity contribution in [2.24, 2.45) is 0 Å². The van der Waals surface area contributed by atoms with Crippen molar-refractivity contribution in [2.45, 2.75) is 0 Å². The zero-order valence-electron chi connectivity index (χ0n) is 2.13. The van der Waals surface area contributed by atoms with Gasteiger partial charge < -0.3 is 0 Å². The molecule has 0 heterocycles. The van der Waals surface area contributed by atoms with Crippen molar-refractivity contribution in [1.29, 1.82) is 0 Å². The van der Waals surface area contributed by atoms with E-state index in [1.165, 1.54) is 0 Å². The maximum absolute atomic E-state index is 8.62. The first-order valence-corrected chi connectivity index (χ1v) is 3.37. The van der Waals surface area contributed by atoms with E-state index in [4.69, 9.17) is 13.3 Å². The standard InChI is InChI=1S/4Mg.4O.Ti.8H. The maximum atomic E-state index is 8.62. The van der Waals surface area contributed by atoms with E-state index >= 15 is 0 Å². The van der Waals surface area contributed by atoms with Crippen molar-refractivity contribution in [3.8, 4) is 0 Å². The molecule has 0 saturated heterocycles. The van der Waals surface area contributed by atoms with Crippen molar-refractivity contribution >= 4 is 92.2 Å². The third kappa shape index (κ3) is 99.7. The minimum atomic E-state index is -6.00. The molecule has 9 heavy (non-hydrogen) atoms. The van der Waals surface area contributed by atoms with E-state index < -0.39 is 16.5 Å². The average Bonchev–Trinajstić information content (AvgIpc) is 0.722. The van der Waals surface area contributed by atoms with Gasteiger partial charge in [0.15, 0.2) is 0 Å². The van der Waals surface area contributed by atoms with Gasteiger partial charge in [0.25, 0.3) is 0 Å². The van der Waals surface area contributed by atoms with Crippen LogP contribution in [0.3, 0.4) is 0 Å². The molecule has 0 saturated carbocycles. The van der Waals surface area contributed by atoms with Crippen molar-refractivity contribution in [1.82, 2.24) is 0 Å². The van der Waals surface area contributed by atoms with Crippen molar-refractivity contribution in [2.75, 3.05) is 0 Å². The van der Waals surface area contributed by atoms with Crippen molar-refractivity contribution < 1.29 is 29.8 Å². The molecule has 0 amide bonds. The summed E-state index contributed by atoms with van der Waals surface area (Å²) in [5, 5.41) is 0. The van der Waals surface area contributed by atoms with E-state index in [-0.39, 0.29) is 92.2 Å². The van der Waals surface area contributed by atoms with Crippen molar-refractivity contribution in [3.63, 3.8) is 0 Å². The monoisotopic (exact) mass is 216 g/mol. The van der Waals surface area contributed by atoms with Gasteiger partial charge >= 0.3 is 122 Å². The Bertz CT molecular complexity index is 164. The van der Waals surface area contributed by atoms with Crippen LogP contribution < -0.4 is 0 Å². The molecule has 0 aromatic rings. The normalized spacial score (nSPS) is 2.67. The molecule has 0 unspecified atom stereocenters. The van der Waals surface area contributed by atoms with Crippen LogP contribution in [0.15, 0.2) is 0 Å². The predicted octanol–water partition coefficient (Wildman–Crippen LogP) is -4.14. The number of hydrogen-bond donors (Lipinski definition) is 0. The van der Waals surface area contributed by atoms with E-state index in [1.807, 2.05) is 0 Å². The molecule has 0 atom stereocenters. The van der Waals surface area contributed by atoms with E-state index in [2.05, 4.69) is 0 Å². The Morgan fingerprint density at radius 3 is 0.556 bits per heavy atom. The first-order chi connectivity index (χ1) is 2.00. The van der Waals surface area contributed by atoms with Crippen molar-refractivity contribution in [3.05, 3.63) is 0 Å². The first-order valence-electron chi connectivity index (χ1n) is 0.816. The fourth-order valence-electron chi connectivity index (χ4n) is 0. The van der Waals surface area contributed by atoms with Gasteiger partial charge in [0.05, 0.1) is 0 Å². The Morgan fingerprint density at radius 1 is 0.556 bits per heavy atom. The van der Waals surface area contributed by atoms with Crippen LogP contribution in [-0.4, -0.2) is 92.2 Å². The molecule has 0 rings (SSSR count). The summed E-state index contributed by atoms with van der Waals surface area (Å²) in [5.41, 5.74) is 0. The van der Waals surface area contributed by atoms with Gasteiger partial charge in [-0.15, -0.1) is 0 Å². The molecule has 0 fully saturated rings. The van der Waals surface area contributed by atoms with Crippen LogP contribution in [0.25, 0.3) is 0 Å². The van der Waals surface area contributed by atoms with Crippen LogP contribution in [0.2, 0.25) is 0 Å². The molecule has 4 nitrogen and oxygen atoms in total. The summed E-state index contributed by atoms with van der Waals surface area (Å²) in [4.78, 5) is 0. The summed E-state index contributed by atoms with van der Waals surface area (Å²) < 4.78 is 34.5. The molecule has 0 radical (unpaired) electrons. The van der Waals surface area contributed by atoms with Gasteiger partial charge in [-0.05, 0) is 0 Å². The molecule has 0 aromatic heterocycles. The molecule has 0 spiro atoms. The molecule has 0 aromatic carbocycles. The van der Waals surface area contributed by atoms with Crippen LogP contribution in [-0.2, 0) is 29.8 Å². The summed E-state index contributed by atoms with van der Waals surface area (Å²) in [6.07, 6.45) is 0. The fourth-order valence-corrected chi connectivity index (χ4v) is 0. The Balaban J connectivity index is -0.0000000133. The molecule has 9 heteroatoms. The van der Waals surface area contributed by atoms with E-state index in [0.717, 1.165) is 0 Å². The van der Waals surface area contributed by atoms with E-state index in [9.17, 15) is 0 Å². The Labute approximate surface area is 120 Å². The molecule has 44 valence electrons. The summed E-state index contributed by atoms with van der Waals surface area (Å²) >= 11 is -6.00. The van der Waals surface area contributed by atoms with Gasteiger partial charge in [0, 0.05) is 0 Å². The second kappa shape index (κ2) is 13.6.